The van der Waals surface area contributed by atoms with Crippen molar-refractivity contribution in [3.8, 4) is 0 Å². The molecular formula is C12H23ClN2O2. The molecule has 1 aliphatic carbocycles. The Kier molecular flexibility index (Phi) is 5.22. The topological polar surface area (TPSA) is 41.6 Å². The molecule has 5 heteroatoms. The van der Waals surface area contributed by atoms with Crippen LogP contribution in [0.3, 0.4) is 0 Å². The lowest BCUT2D eigenvalue weighted by molar-refractivity contribution is -0.137. The van der Waals surface area contributed by atoms with E-state index in [1.807, 2.05) is 11.8 Å². The van der Waals surface area contributed by atoms with E-state index in [2.05, 4.69) is 19.2 Å². The zero-order chi connectivity index (χ0) is 11.7. The number of halogens is 1. The molecule has 4 unspecified atom stereocenters. The van der Waals surface area contributed by atoms with Crippen molar-refractivity contribution < 1.29 is 9.53 Å². The smallest absolute Gasteiger partial charge is 0.228 e. The first-order chi connectivity index (χ1) is 7.65. The molecule has 1 saturated heterocycles. The summed E-state index contributed by atoms with van der Waals surface area (Å²) in [5.41, 5.74) is 0. The molecule has 1 heterocycles. The molecule has 4 atom stereocenters. The van der Waals surface area contributed by atoms with E-state index >= 15 is 0 Å². The molecule has 2 rings (SSSR count). The molecule has 4 nitrogen and oxygen atoms in total. The normalized spacial score (nSPS) is 36.3. The Hall–Kier alpha value is -0.320. The molecule has 100 valence electrons. The quantitative estimate of drug-likeness (QED) is 0.827. The number of ether oxygens (including phenoxy) is 1. The van der Waals surface area contributed by atoms with Gasteiger partial charge in [-0.05, 0) is 27.2 Å². The molecule has 0 bridgehead atoms. The van der Waals surface area contributed by atoms with E-state index in [1.54, 1.807) is 0 Å². The van der Waals surface area contributed by atoms with Crippen molar-refractivity contribution in [2.75, 3.05) is 19.7 Å². The number of nitrogens with zero attached hydrogens (tertiary/aromatic N) is 1. The Balaban J connectivity index is 0.00000144. The van der Waals surface area contributed by atoms with Crippen molar-refractivity contribution >= 4 is 18.3 Å². The van der Waals surface area contributed by atoms with E-state index in [0.717, 1.165) is 19.5 Å². The second kappa shape index (κ2) is 6.03. The van der Waals surface area contributed by atoms with E-state index in [-0.39, 0.29) is 24.4 Å². The zero-order valence-corrected chi connectivity index (χ0v) is 11.6. The van der Waals surface area contributed by atoms with Gasteiger partial charge in [-0.1, -0.05) is 0 Å². The molecule has 2 aliphatic rings. The zero-order valence-electron chi connectivity index (χ0n) is 10.8. The van der Waals surface area contributed by atoms with Crippen LogP contribution in [0, 0.1) is 5.92 Å². The highest BCUT2D eigenvalue weighted by Crippen LogP contribution is 2.36. The third kappa shape index (κ3) is 3.12. The van der Waals surface area contributed by atoms with Gasteiger partial charge in [-0.25, -0.2) is 0 Å². The fraction of sp³-hybridized carbons (Fsp3) is 0.917. The predicted octanol–water partition coefficient (Wildman–Crippen LogP) is 1.04. The van der Waals surface area contributed by atoms with Gasteiger partial charge in [0, 0.05) is 31.8 Å². The Morgan fingerprint density at radius 3 is 2.82 bits per heavy atom. The van der Waals surface area contributed by atoms with Crippen LogP contribution >= 0.6 is 12.4 Å². The highest BCUT2D eigenvalue weighted by Gasteiger charge is 2.47. The van der Waals surface area contributed by atoms with Gasteiger partial charge in [0.2, 0.25) is 5.91 Å². The number of hydrogen-bond acceptors (Lipinski definition) is 3. The van der Waals surface area contributed by atoms with Gasteiger partial charge in [0.05, 0.1) is 12.0 Å². The first kappa shape index (κ1) is 14.7. The van der Waals surface area contributed by atoms with E-state index in [0.29, 0.717) is 24.6 Å². The van der Waals surface area contributed by atoms with Crippen molar-refractivity contribution in [2.45, 2.75) is 45.4 Å². The molecule has 1 N–H and O–H groups in total. The summed E-state index contributed by atoms with van der Waals surface area (Å²) in [6, 6.07) is 0.686. The maximum Gasteiger partial charge on any atom is 0.228 e. The van der Waals surface area contributed by atoms with Gasteiger partial charge in [-0.3, -0.25) is 4.79 Å². The number of rotatable bonds is 3. The first-order valence-corrected chi connectivity index (χ1v) is 6.30. The molecular weight excluding hydrogens is 240 g/mol. The lowest BCUT2D eigenvalue weighted by atomic mass is 10.1. The van der Waals surface area contributed by atoms with Crippen LogP contribution in [0.2, 0.25) is 0 Å². The van der Waals surface area contributed by atoms with E-state index in [4.69, 9.17) is 4.74 Å². The Morgan fingerprint density at radius 1 is 1.47 bits per heavy atom. The van der Waals surface area contributed by atoms with Gasteiger partial charge in [0.1, 0.15) is 0 Å². The van der Waals surface area contributed by atoms with Crippen LogP contribution in [-0.2, 0) is 9.53 Å². The first-order valence-electron chi connectivity index (χ1n) is 6.30. The molecule has 2 fully saturated rings. The average molecular weight is 263 g/mol. The molecule has 1 amide bonds. The van der Waals surface area contributed by atoms with Crippen LogP contribution in [0.15, 0.2) is 0 Å². The summed E-state index contributed by atoms with van der Waals surface area (Å²) in [5, 5.41) is 3.39. The van der Waals surface area contributed by atoms with Crippen LogP contribution in [0.25, 0.3) is 0 Å². The van der Waals surface area contributed by atoms with E-state index in [9.17, 15) is 4.79 Å². The van der Waals surface area contributed by atoms with E-state index < -0.39 is 0 Å². The maximum atomic E-state index is 12.2. The van der Waals surface area contributed by atoms with Crippen LogP contribution in [0.4, 0.5) is 0 Å². The fourth-order valence-electron chi connectivity index (χ4n) is 2.41. The van der Waals surface area contributed by atoms with Crippen LogP contribution in [0.5, 0.6) is 0 Å². The monoisotopic (exact) mass is 262 g/mol. The van der Waals surface area contributed by atoms with Gasteiger partial charge in [-0.2, -0.15) is 0 Å². The minimum absolute atomic E-state index is 0. The summed E-state index contributed by atoms with van der Waals surface area (Å²) in [6.45, 7) is 8.68. The summed E-state index contributed by atoms with van der Waals surface area (Å²) in [4.78, 5) is 14.2. The van der Waals surface area contributed by atoms with Crippen LogP contribution in [0.1, 0.15) is 27.2 Å². The minimum atomic E-state index is 0. The highest BCUT2D eigenvalue weighted by molar-refractivity contribution is 5.85. The molecule has 1 aliphatic heterocycles. The molecule has 17 heavy (non-hydrogen) atoms. The largest absolute Gasteiger partial charge is 0.378 e. The summed E-state index contributed by atoms with van der Waals surface area (Å²) in [6.07, 6.45) is 1.10. The number of carbonyl (C=O) groups excluding carboxylic acids is 1. The third-order valence-electron chi connectivity index (χ3n) is 3.75. The van der Waals surface area contributed by atoms with Gasteiger partial charge in [0.25, 0.3) is 0 Å². The molecule has 0 aromatic rings. The summed E-state index contributed by atoms with van der Waals surface area (Å²) < 4.78 is 5.48. The van der Waals surface area contributed by atoms with Crippen molar-refractivity contribution in [2.24, 2.45) is 5.92 Å². The maximum absolute atomic E-state index is 12.2. The number of carbonyl (C=O) groups is 1. The second-order valence-electron chi connectivity index (χ2n) is 4.85. The second-order valence-corrected chi connectivity index (χ2v) is 4.85. The number of piperazine rings is 1. The lowest BCUT2D eigenvalue weighted by Gasteiger charge is -2.38. The van der Waals surface area contributed by atoms with Crippen LogP contribution < -0.4 is 5.32 Å². The highest BCUT2D eigenvalue weighted by atomic mass is 35.5. The van der Waals surface area contributed by atoms with E-state index in [1.165, 1.54) is 0 Å². The minimum Gasteiger partial charge on any atom is -0.378 e. The average Bonchev–Trinajstić information content (AvgIpc) is 3.01. The van der Waals surface area contributed by atoms with Crippen molar-refractivity contribution in [1.29, 1.82) is 0 Å². The van der Waals surface area contributed by atoms with Gasteiger partial charge >= 0.3 is 0 Å². The number of hydrogen-bond donors (Lipinski definition) is 1. The van der Waals surface area contributed by atoms with Gasteiger partial charge in [-0.15, -0.1) is 12.4 Å². The molecule has 1 saturated carbocycles. The third-order valence-corrected chi connectivity index (χ3v) is 3.75. The molecule has 0 aromatic heterocycles. The fourth-order valence-corrected chi connectivity index (χ4v) is 2.41. The molecule has 0 radical (unpaired) electrons. The standard InChI is InChI=1S/C12H22N2O2.ClH/c1-4-16-11-7-10(11)12(15)14-6-5-13-8(2)9(14)3;/h8-11,13H,4-7H2,1-3H3;1H. The van der Waals surface area contributed by atoms with Crippen molar-refractivity contribution in [1.82, 2.24) is 10.2 Å². The Labute approximate surface area is 109 Å². The van der Waals surface area contributed by atoms with Crippen molar-refractivity contribution in [3.63, 3.8) is 0 Å². The SMILES string of the molecule is CCOC1CC1C(=O)N1CCNC(C)C1C.Cl. The predicted molar refractivity (Wildman–Crippen MR) is 69.4 cm³/mol. The number of nitrogens with one attached hydrogen (secondary N) is 1. The molecule has 0 spiro atoms. The summed E-state index contributed by atoms with van der Waals surface area (Å²) >= 11 is 0. The lowest BCUT2D eigenvalue weighted by Crippen LogP contribution is -2.57. The Morgan fingerprint density at radius 2 is 2.18 bits per heavy atom. The van der Waals surface area contributed by atoms with Crippen molar-refractivity contribution in [3.05, 3.63) is 0 Å². The Bertz CT molecular complexity index is 275. The summed E-state index contributed by atoms with van der Waals surface area (Å²) in [5.74, 6) is 0.423. The van der Waals surface area contributed by atoms with Gasteiger partial charge < -0.3 is 15.0 Å². The van der Waals surface area contributed by atoms with Crippen LogP contribution in [-0.4, -0.2) is 48.7 Å². The number of amides is 1. The van der Waals surface area contributed by atoms with Gasteiger partial charge in [0.15, 0.2) is 0 Å². The molecule has 0 aromatic carbocycles. The summed E-state index contributed by atoms with van der Waals surface area (Å²) in [7, 11) is 0.